The zero-order valence-corrected chi connectivity index (χ0v) is 12.6. The number of aliphatic hydroxyl groups is 1. The predicted molar refractivity (Wildman–Crippen MR) is 74.3 cm³/mol. The van der Waals surface area contributed by atoms with Crippen LogP contribution >= 0.6 is 15.9 Å². The first-order valence-electron chi connectivity index (χ1n) is 6.33. The van der Waals surface area contributed by atoms with Crippen LogP contribution in [0.15, 0.2) is 10.5 Å². The van der Waals surface area contributed by atoms with Crippen LogP contribution in [0.1, 0.15) is 36.1 Å². The van der Waals surface area contributed by atoms with Crippen molar-refractivity contribution in [2.75, 3.05) is 13.7 Å². The maximum atomic E-state index is 11.7. The van der Waals surface area contributed by atoms with Gasteiger partial charge < -0.3 is 14.6 Å². The van der Waals surface area contributed by atoms with Crippen molar-refractivity contribution >= 4 is 21.9 Å². The van der Waals surface area contributed by atoms with Crippen LogP contribution in [-0.2, 0) is 22.4 Å². The van der Waals surface area contributed by atoms with E-state index >= 15 is 0 Å². The van der Waals surface area contributed by atoms with Gasteiger partial charge in [-0.2, -0.15) is 0 Å². The first-order chi connectivity index (χ1) is 9.10. The number of hydrogen-bond donors (Lipinski definition) is 1. The summed E-state index contributed by atoms with van der Waals surface area (Å²) in [6, 6.07) is 1.85. The zero-order valence-electron chi connectivity index (χ0n) is 11.0. The van der Waals surface area contributed by atoms with E-state index in [1.807, 2.05) is 6.07 Å². The van der Waals surface area contributed by atoms with Crippen LogP contribution in [0.4, 0.5) is 0 Å². The minimum absolute atomic E-state index is 0.240. The van der Waals surface area contributed by atoms with Crippen molar-refractivity contribution in [3.05, 3.63) is 27.2 Å². The third-order valence-corrected chi connectivity index (χ3v) is 4.16. The molecule has 1 aromatic carbocycles. The Bertz CT molecular complexity index is 499. The maximum Gasteiger partial charge on any atom is 0.339 e. The third-order valence-electron chi connectivity index (χ3n) is 3.33. The van der Waals surface area contributed by atoms with E-state index in [1.54, 1.807) is 6.92 Å². The van der Waals surface area contributed by atoms with Crippen LogP contribution in [0.25, 0.3) is 0 Å². The van der Waals surface area contributed by atoms with Crippen molar-refractivity contribution in [3.63, 3.8) is 0 Å². The lowest BCUT2D eigenvalue weighted by molar-refractivity contribution is -0.153. The van der Waals surface area contributed by atoms with Gasteiger partial charge in [-0.3, -0.25) is 0 Å². The zero-order chi connectivity index (χ0) is 14.0. The van der Waals surface area contributed by atoms with Gasteiger partial charge in [0.05, 0.1) is 18.2 Å². The first kappa shape index (κ1) is 14.3. The minimum Gasteiger partial charge on any atom is -0.495 e. The molecule has 1 atom stereocenters. The van der Waals surface area contributed by atoms with Crippen LogP contribution in [0.3, 0.4) is 0 Å². The van der Waals surface area contributed by atoms with E-state index in [2.05, 4.69) is 15.9 Å². The number of hydrogen-bond acceptors (Lipinski definition) is 4. The average molecular weight is 329 g/mol. The maximum absolute atomic E-state index is 11.7. The number of methoxy groups -OCH3 is 1. The number of carbonyl (C=O) groups is 1. The van der Waals surface area contributed by atoms with Crippen LogP contribution in [0.2, 0.25) is 0 Å². The molecule has 19 heavy (non-hydrogen) atoms. The minimum atomic E-state index is -1.31. The third kappa shape index (κ3) is 2.62. The number of ether oxygens (including phenoxy) is 2. The van der Waals surface area contributed by atoms with Gasteiger partial charge in [-0.05, 0) is 59.3 Å². The monoisotopic (exact) mass is 328 g/mol. The van der Waals surface area contributed by atoms with E-state index in [0.29, 0.717) is 11.3 Å². The second kappa shape index (κ2) is 5.92. The van der Waals surface area contributed by atoms with Gasteiger partial charge in [0.1, 0.15) is 5.75 Å². The van der Waals surface area contributed by atoms with E-state index in [1.165, 1.54) is 12.7 Å². The number of carbonyl (C=O) groups excluding carboxylic acids is 1. The Balaban J connectivity index is 2.45. The predicted octanol–water partition coefficient (Wildman–Crippen LogP) is 2.54. The van der Waals surface area contributed by atoms with E-state index in [-0.39, 0.29) is 6.61 Å². The Kier molecular flexibility index (Phi) is 4.47. The molecule has 0 saturated carbocycles. The fourth-order valence-electron chi connectivity index (χ4n) is 2.45. The lowest BCUT2D eigenvalue weighted by Crippen LogP contribution is -2.17. The molecule has 1 unspecified atom stereocenters. The molecule has 2 rings (SSSR count). The molecule has 1 aromatic rings. The molecular formula is C14H17BrO4. The number of aryl methyl sites for hydroxylation is 1. The van der Waals surface area contributed by atoms with Gasteiger partial charge in [0, 0.05) is 5.56 Å². The summed E-state index contributed by atoms with van der Waals surface area (Å²) in [7, 11) is 1.53. The number of rotatable bonds is 4. The van der Waals surface area contributed by atoms with E-state index in [4.69, 9.17) is 9.47 Å². The van der Waals surface area contributed by atoms with Crippen molar-refractivity contribution in [1.82, 2.24) is 0 Å². The Hall–Kier alpha value is -1.07. The van der Waals surface area contributed by atoms with E-state index in [0.717, 1.165) is 29.3 Å². The highest BCUT2D eigenvalue weighted by Gasteiger charge is 2.28. The molecule has 0 spiro atoms. The molecule has 5 heteroatoms. The molecule has 1 aliphatic carbocycles. The fourth-order valence-corrected chi connectivity index (χ4v) is 3.30. The van der Waals surface area contributed by atoms with Gasteiger partial charge in [-0.25, -0.2) is 4.79 Å². The molecular weight excluding hydrogens is 312 g/mol. The molecule has 0 fully saturated rings. The number of benzene rings is 1. The standard InChI is InChI=1S/C14H17BrO4/c1-3-19-14(17)12(16)10-7-8-5-4-6-9(8)11(15)13(10)18-2/h7,12,16H,3-6H2,1-2H3. The summed E-state index contributed by atoms with van der Waals surface area (Å²) in [6.07, 6.45) is 1.72. The van der Waals surface area contributed by atoms with Crippen LogP contribution < -0.4 is 4.74 Å². The molecule has 1 aliphatic rings. The number of fused-ring (bicyclic) bond motifs is 1. The normalized spacial score (nSPS) is 14.9. The molecule has 4 nitrogen and oxygen atoms in total. The molecule has 0 bridgehead atoms. The summed E-state index contributed by atoms with van der Waals surface area (Å²) in [5.41, 5.74) is 2.83. The fraction of sp³-hybridized carbons (Fsp3) is 0.500. The molecule has 0 amide bonds. The summed E-state index contributed by atoms with van der Waals surface area (Å²) in [6.45, 7) is 1.95. The molecule has 0 saturated heterocycles. The number of aliphatic hydroxyl groups excluding tert-OH is 1. The van der Waals surface area contributed by atoms with Gasteiger partial charge in [-0.1, -0.05) is 0 Å². The highest BCUT2D eigenvalue weighted by atomic mass is 79.9. The van der Waals surface area contributed by atoms with E-state index in [9.17, 15) is 9.90 Å². The Morgan fingerprint density at radius 1 is 1.53 bits per heavy atom. The molecule has 1 N–H and O–H groups in total. The van der Waals surface area contributed by atoms with Crippen molar-refractivity contribution in [2.24, 2.45) is 0 Å². The average Bonchev–Trinajstić information content (AvgIpc) is 2.86. The lowest BCUT2D eigenvalue weighted by Gasteiger charge is -2.17. The summed E-state index contributed by atoms with van der Waals surface area (Å²) >= 11 is 3.51. The largest absolute Gasteiger partial charge is 0.495 e. The van der Waals surface area contributed by atoms with Crippen molar-refractivity contribution in [2.45, 2.75) is 32.3 Å². The second-order valence-electron chi connectivity index (χ2n) is 4.46. The van der Waals surface area contributed by atoms with Crippen LogP contribution in [0.5, 0.6) is 5.75 Å². The van der Waals surface area contributed by atoms with Crippen molar-refractivity contribution in [1.29, 1.82) is 0 Å². The van der Waals surface area contributed by atoms with Gasteiger partial charge in [0.2, 0.25) is 0 Å². The lowest BCUT2D eigenvalue weighted by atomic mass is 10.0. The second-order valence-corrected chi connectivity index (χ2v) is 5.25. The highest BCUT2D eigenvalue weighted by Crippen LogP contribution is 2.41. The summed E-state index contributed by atoms with van der Waals surface area (Å²) < 4.78 is 11.0. The highest BCUT2D eigenvalue weighted by molar-refractivity contribution is 9.10. The van der Waals surface area contributed by atoms with Crippen LogP contribution in [-0.4, -0.2) is 24.8 Å². The molecule has 0 aromatic heterocycles. The Morgan fingerprint density at radius 3 is 2.89 bits per heavy atom. The molecule has 104 valence electrons. The van der Waals surface area contributed by atoms with Gasteiger partial charge in [0.15, 0.2) is 6.10 Å². The first-order valence-corrected chi connectivity index (χ1v) is 7.12. The van der Waals surface area contributed by atoms with Crippen LogP contribution in [0, 0.1) is 0 Å². The quantitative estimate of drug-likeness (QED) is 0.863. The topological polar surface area (TPSA) is 55.8 Å². The molecule has 0 radical (unpaired) electrons. The van der Waals surface area contributed by atoms with Gasteiger partial charge in [0.25, 0.3) is 0 Å². The SMILES string of the molecule is CCOC(=O)C(O)c1cc2c(c(Br)c1OC)CCC2. The smallest absolute Gasteiger partial charge is 0.339 e. The van der Waals surface area contributed by atoms with Gasteiger partial charge in [-0.15, -0.1) is 0 Å². The van der Waals surface area contributed by atoms with Gasteiger partial charge >= 0.3 is 5.97 Å². The number of esters is 1. The molecule has 0 aliphatic heterocycles. The van der Waals surface area contributed by atoms with Crippen molar-refractivity contribution < 1.29 is 19.4 Å². The summed E-state index contributed by atoms with van der Waals surface area (Å²) in [5, 5.41) is 10.1. The molecule has 0 heterocycles. The Morgan fingerprint density at radius 2 is 2.26 bits per heavy atom. The summed E-state index contributed by atoms with van der Waals surface area (Å²) in [4.78, 5) is 11.7. The summed E-state index contributed by atoms with van der Waals surface area (Å²) in [5.74, 6) is -0.133. The Labute approximate surface area is 120 Å². The number of halogens is 1. The van der Waals surface area contributed by atoms with Crippen molar-refractivity contribution in [3.8, 4) is 5.75 Å². The van der Waals surface area contributed by atoms with E-state index < -0.39 is 12.1 Å².